The van der Waals surface area contributed by atoms with E-state index in [9.17, 15) is 18.0 Å². The van der Waals surface area contributed by atoms with Crippen LogP contribution in [-0.4, -0.2) is 50.5 Å². The smallest absolute Gasteiger partial charge is 0.255 e. The van der Waals surface area contributed by atoms with Gasteiger partial charge in [-0.25, -0.2) is 8.42 Å². The second-order valence-corrected chi connectivity index (χ2v) is 8.81. The first-order valence-corrected chi connectivity index (χ1v) is 11.3. The molecule has 0 spiro atoms. The molecule has 3 rings (SSSR count). The molecule has 1 aliphatic heterocycles. The molecule has 2 amide bonds. The van der Waals surface area contributed by atoms with Crippen LogP contribution < -0.4 is 9.62 Å². The van der Waals surface area contributed by atoms with Crippen molar-refractivity contribution in [3.05, 3.63) is 59.7 Å². The molecule has 29 heavy (non-hydrogen) atoms. The molecular weight excluding hydrogens is 390 g/mol. The summed E-state index contributed by atoms with van der Waals surface area (Å²) in [6, 6.07) is 13.3. The molecule has 0 atom stereocenters. The van der Waals surface area contributed by atoms with E-state index >= 15 is 0 Å². The largest absolute Gasteiger partial charge is 0.339 e. The van der Waals surface area contributed by atoms with Gasteiger partial charge in [-0.1, -0.05) is 0 Å². The van der Waals surface area contributed by atoms with Gasteiger partial charge in [0.25, 0.3) is 11.8 Å². The van der Waals surface area contributed by atoms with Gasteiger partial charge >= 0.3 is 0 Å². The fourth-order valence-corrected chi connectivity index (χ4v) is 4.87. The second kappa shape index (κ2) is 8.65. The van der Waals surface area contributed by atoms with Crippen LogP contribution in [0.4, 0.5) is 11.4 Å². The van der Waals surface area contributed by atoms with Gasteiger partial charge < -0.3 is 10.2 Å². The standard InChI is InChI=1S/C21H25N3O4S/c1-3-23(4-2)21(26)17-6-10-18(11-7-17)22-20(25)16-8-12-19(13-9-16)24-14-5-15-29(24,27)28/h6-13H,3-5,14-15H2,1-2H3,(H,22,25). The third kappa shape index (κ3) is 4.59. The Kier molecular flexibility index (Phi) is 6.22. The lowest BCUT2D eigenvalue weighted by molar-refractivity contribution is 0.0773. The van der Waals surface area contributed by atoms with Crippen molar-refractivity contribution in [1.29, 1.82) is 0 Å². The highest BCUT2D eigenvalue weighted by molar-refractivity contribution is 7.93. The maximum atomic E-state index is 12.5. The summed E-state index contributed by atoms with van der Waals surface area (Å²) >= 11 is 0. The minimum Gasteiger partial charge on any atom is -0.339 e. The number of sulfonamides is 1. The predicted octanol–water partition coefficient (Wildman–Crippen LogP) is 2.96. The fraction of sp³-hybridized carbons (Fsp3) is 0.333. The van der Waals surface area contributed by atoms with Crippen molar-refractivity contribution in [2.45, 2.75) is 20.3 Å². The van der Waals surface area contributed by atoms with Crippen LogP contribution >= 0.6 is 0 Å². The molecule has 0 unspecified atom stereocenters. The monoisotopic (exact) mass is 415 g/mol. The average Bonchev–Trinajstić information content (AvgIpc) is 3.08. The summed E-state index contributed by atoms with van der Waals surface area (Å²) < 4.78 is 25.4. The molecule has 0 aliphatic carbocycles. The summed E-state index contributed by atoms with van der Waals surface area (Å²) in [5.74, 6) is -0.189. The maximum absolute atomic E-state index is 12.5. The third-order valence-electron chi connectivity index (χ3n) is 4.96. The summed E-state index contributed by atoms with van der Waals surface area (Å²) in [4.78, 5) is 26.5. The minimum atomic E-state index is -3.24. The van der Waals surface area contributed by atoms with Crippen LogP contribution in [0.15, 0.2) is 48.5 Å². The number of nitrogens with zero attached hydrogens (tertiary/aromatic N) is 2. The summed E-state index contributed by atoms with van der Waals surface area (Å²) in [5.41, 5.74) is 2.15. The summed E-state index contributed by atoms with van der Waals surface area (Å²) in [7, 11) is -3.24. The van der Waals surface area contributed by atoms with E-state index < -0.39 is 10.0 Å². The van der Waals surface area contributed by atoms with Crippen molar-refractivity contribution < 1.29 is 18.0 Å². The van der Waals surface area contributed by atoms with Crippen molar-refractivity contribution in [3.63, 3.8) is 0 Å². The number of hydrogen-bond donors (Lipinski definition) is 1. The van der Waals surface area contributed by atoms with Gasteiger partial charge in [-0.3, -0.25) is 13.9 Å². The number of hydrogen-bond acceptors (Lipinski definition) is 4. The summed E-state index contributed by atoms with van der Waals surface area (Å²) in [6.07, 6.45) is 0.608. The molecule has 1 fully saturated rings. The zero-order chi connectivity index (χ0) is 21.0. The van der Waals surface area contributed by atoms with Crippen molar-refractivity contribution in [3.8, 4) is 0 Å². The highest BCUT2D eigenvalue weighted by Gasteiger charge is 2.28. The van der Waals surface area contributed by atoms with Gasteiger partial charge in [0.05, 0.1) is 11.4 Å². The zero-order valence-electron chi connectivity index (χ0n) is 16.6. The molecule has 0 saturated carbocycles. The molecule has 8 heteroatoms. The Hall–Kier alpha value is -2.87. The fourth-order valence-electron chi connectivity index (χ4n) is 3.30. The quantitative estimate of drug-likeness (QED) is 0.786. The summed E-state index contributed by atoms with van der Waals surface area (Å²) in [6.45, 7) is 5.61. The van der Waals surface area contributed by atoms with E-state index in [2.05, 4.69) is 5.32 Å². The predicted molar refractivity (Wildman–Crippen MR) is 114 cm³/mol. The molecule has 0 radical (unpaired) electrons. The number of rotatable bonds is 6. The number of amides is 2. The Labute approximate surface area is 171 Å². The van der Waals surface area contributed by atoms with Crippen LogP contribution in [0.25, 0.3) is 0 Å². The highest BCUT2D eigenvalue weighted by Crippen LogP contribution is 2.24. The first kappa shape index (κ1) is 20.9. The van der Waals surface area contributed by atoms with Gasteiger partial charge in [-0.2, -0.15) is 0 Å². The van der Waals surface area contributed by atoms with E-state index in [0.717, 1.165) is 0 Å². The van der Waals surface area contributed by atoms with E-state index in [-0.39, 0.29) is 17.6 Å². The van der Waals surface area contributed by atoms with Gasteiger partial charge in [0, 0.05) is 36.4 Å². The van der Waals surface area contributed by atoms with Crippen LogP contribution in [-0.2, 0) is 10.0 Å². The molecule has 0 bridgehead atoms. The SMILES string of the molecule is CCN(CC)C(=O)c1ccc(NC(=O)c2ccc(N3CCCS3(=O)=O)cc2)cc1. The van der Waals surface area contributed by atoms with Crippen molar-refractivity contribution in [1.82, 2.24) is 4.90 Å². The molecule has 1 heterocycles. The number of carbonyl (C=O) groups excluding carboxylic acids is 2. The summed E-state index contributed by atoms with van der Waals surface area (Å²) in [5, 5.41) is 2.79. The molecule has 154 valence electrons. The van der Waals surface area contributed by atoms with Crippen LogP contribution in [0.3, 0.4) is 0 Å². The molecule has 1 aliphatic rings. The Morgan fingerprint density at radius 1 is 0.966 bits per heavy atom. The van der Waals surface area contributed by atoms with E-state index in [4.69, 9.17) is 0 Å². The topological polar surface area (TPSA) is 86.8 Å². The molecule has 2 aromatic carbocycles. The molecule has 0 aromatic heterocycles. The Balaban J connectivity index is 1.66. The van der Waals surface area contributed by atoms with Crippen LogP contribution in [0.5, 0.6) is 0 Å². The first-order valence-electron chi connectivity index (χ1n) is 9.67. The van der Waals surface area contributed by atoms with E-state index in [1.807, 2.05) is 13.8 Å². The molecular formula is C21H25N3O4S. The lowest BCUT2D eigenvalue weighted by Gasteiger charge is -2.18. The number of nitrogens with one attached hydrogen (secondary N) is 1. The van der Waals surface area contributed by atoms with Crippen LogP contribution in [0.1, 0.15) is 41.0 Å². The lowest BCUT2D eigenvalue weighted by Crippen LogP contribution is -2.30. The average molecular weight is 416 g/mol. The van der Waals surface area contributed by atoms with E-state index in [1.54, 1.807) is 53.4 Å². The van der Waals surface area contributed by atoms with E-state index in [1.165, 1.54) is 4.31 Å². The van der Waals surface area contributed by atoms with Gasteiger partial charge in [0.1, 0.15) is 0 Å². The second-order valence-electron chi connectivity index (χ2n) is 6.80. The lowest BCUT2D eigenvalue weighted by atomic mass is 10.1. The van der Waals surface area contributed by atoms with Crippen molar-refractivity contribution in [2.24, 2.45) is 0 Å². The normalized spacial score (nSPS) is 15.2. The number of carbonyl (C=O) groups is 2. The van der Waals surface area contributed by atoms with Crippen molar-refractivity contribution >= 4 is 33.2 Å². The van der Waals surface area contributed by atoms with Gasteiger partial charge in [0.2, 0.25) is 10.0 Å². The highest BCUT2D eigenvalue weighted by atomic mass is 32.2. The maximum Gasteiger partial charge on any atom is 0.255 e. The van der Waals surface area contributed by atoms with Crippen molar-refractivity contribution in [2.75, 3.05) is 35.0 Å². The molecule has 1 saturated heterocycles. The van der Waals surface area contributed by atoms with E-state index in [0.29, 0.717) is 48.6 Å². The minimum absolute atomic E-state index is 0.0414. The first-order chi connectivity index (χ1) is 13.9. The zero-order valence-corrected chi connectivity index (χ0v) is 17.4. The Morgan fingerprint density at radius 2 is 1.55 bits per heavy atom. The van der Waals surface area contributed by atoms with Crippen LogP contribution in [0, 0.1) is 0 Å². The van der Waals surface area contributed by atoms with Gasteiger partial charge in [-0.05, 0) is 68.8 Å². The third-order valence-corrected chi connectivity index (χ3v) is 6.83. The molecule has 2 aromatic rings. The Bertz CT molecular complexity index is 982. The van der Waals surface area contributed by atoms with Gasteiger partial charge in [-0.15, -0.1) is 0 Å². The molecule has 7 nitrogen and oxygen atoms in total. The van der Waals surface area contributed by atoms with Crippen LogP contribution in [0.2, 0.25) is 0 Å². The molecule has 1 N–H and O–H groups in total. The Morgan fingerprint density at radius 3 is 2.07 bits per heavy atom. The number of benzene rings is 2. The number of anilines is 2. The van der Waals surface area contributed by atoms with Gasteiger partial charge in [0.15, 0.2) is 0 Å².